The van der Waals surface area contributed by atoms with E-state index in [9.17, 15) is 4.79 Å². The molecular formula is C11H20O2. The molecule has 2 heteroatoms. The van der Waals surface area contributed by atoms with E-state index >= 15 is 0 Å². The van der Waals surface area contributed by atoms with Crippen LogP contribution >= 0.6 is 0 Å². The molecule has 0 radical (unpaired) electrons. The van der Waals surface area contributed by atoms with Crippen molar-refractivity contribution in [1.82, 2.24) is 0 Å². The topological polar surface area (TPSA) is 26.3 Å². The number of carbonyl (C=O) groups is 1. The molecule has 1 saturated heterocycles. The van der Waals surface area contributed by atoms with E-state index in [1.54, 1.807) is 0 Å². The Bertz CT molecular complexity index is 200. The summed E-state index contributed by atoms with van der Waals surface area (Å²) in [4.78, 5) is 10.8. The van der Waals surface area contributed by atoms with Crippen LogP contribution in [0.1, 0.15) is 47.0 Å². The molecule has 2 unspecified atom stereocenters. The second-order valence-corrected chi connectivity index (χ2v) is 4.61. The van der Waals surface area contributed by atoms with Crippen LogP contribution in [-0.4, -0.2) is 17.5 Å². The van der Waals surface area contributed by atoms with E-state index in [0.717, 1.165) is 25.5 Å². The van der Waals surface area contributed by atoms with Crippen molar-refractivity contribution in [2.75, 3.05) is 0 Å². The van der Waals surface area contributed by atoms with Gasteiger partial charge in [0.25, 0.3) is 0 Å². The van der Waals surface area contributed by atoms with Crippen LogP contribution < -0.4 is 0 Å². The lowest BCUT2D eigenvalue weighted by Crippen LogP contribution is -2.38. The first-order chi connectivity index (χ1) is 5.98. The fraction of sp³-hybridized carbons (Fsp3) is 0.909. The van der Waals surface area contributed by atoms with Crippen molar-refractivity contribution in [1.29, 1.82) is 0 Å². The van der Waals surface area contributed by atoms with Crippen molar-refractivity contribution in [2.45, 2.75) is 58.2 Å². The maximum atomic E-state index is 10.8. The van der Waals surface area contributed by atoms with Gasteiger partial charge < -0.3 is 9.53 Å². The van der Waals surface area contributed by atoms with Gasteiger partial charge in [0.1, 0.15) is 5.60 Å². The van der Waals surface area contributed by atoms with Crippen LogP contribution in [0.4, 0.5) is 0 Å². The van der Waals surface area contributed by atoms with Crippen LogP contribution in [0, 0.1) is 5.92 Å². The van der Waals surface area contributed by atoms with Gasteiger partial charge in [-0.2, -0.15) is 0 Å². The summed E-state index contributed by atoms with van der Waals surface area (Å²) in [7, 11) is 0. The van der Waals surface area contributed by atoms with E-state index in [1.807, 2.05) is 6.92 Å². The van der Waals surface area contributed by atoms with Gasteiger partial charge in [0.15, 0.2) is 6.29 Å². The summed E-state index contributed by atoms with van der Waals surface area (Å²) in [6.45, 7) is 8.36. The highest BCUT2D eigenvalue weighted by atomic mass is 16.5. The standard InChI is InChI=1S/C11H20O2/c1-5-11(9(2)3)7-6-10(4,8-12)13-11/h8-9H,5-7H2,1-4H3. The number of hydrogen-bond donors (Lipinski definition) is 0. The normalized spacial score (nSPS) is 39.8. The monoisotopic (exact) mass is 184 g/mol. The molecule has 2 nitrogen and oxygen atoms in total. The summed E-state index contributed by atoms with van der Waals surface area (Å²) in [5.41, 5.74) is -0.587. The van der Waals surface area contributed by atoms with Gasteiger partial charge >= 0.3 is 0 Å². The smallest absolute Gasteiger partial charge is 0.151 e. The summed E-state index contributed by atoms with van der Waals surface area (Å²) in [5.74, 6) is 0.485. The molecule has 1 fully saturated rings. The van der Waals surface area contributed by atoms with E-state index in [-0.39, 0.29) is 5.60 Å². The summed E-state index contributed by atoms with van der Waals surface area (Å²) in [6, 6.07) is 0. The zero-order valence-corrected chi connectivity index (χ0v) is 9.09. The first kappa shape index (κ1) is 10.7. The molecule has 0 aromatic rings. The molecule has 0 amide bonds. The molecule has 1 aliphatic rings. The van der Waals surface area contributed by atoms with Crippen molar-refractivity contribution in [2.24, 2.45) is 5.92 Å². The minimum atomic E-state index is -0.527. The quantitative estimate of drug-likeness (QED) is 0.630. The van der Waals surface area contributed by atoms with Crippen molar-refractivity contribution in [3.63, 3.8) is 0 Å². The molecule has 2 atom stereocenters. The third-order valence-electron chi connectivity index (χ3n) is 3.38. The van der Waals surface area contributed by atoms with E-state index in [4.69, 9.17) is 4.74 Å². The number of ether oxygens (including phenoxy) is 1. The zero-order valence-electron chi connectivity index (χ0n) is 9.09. The van der Waals surface area contributed by atoms with Crippen LogP contribution in [0.15, 0.2) is 0 Å². The van der Waals surface area contributed by atoms with Crippen molar-refractivity contribution >= 4 is 6.29 Å². The highest BCUT2D eigenvalue weighted by Gasteiger charge is 2.47. The molecule has 0 bridgehead atoms. The van der Waals surface area contributed by atoms with Crippen LogP contribution in [0.5, 0.6) is 0 Å². The molecule has 1 rings (SSSR count). The Labute approximate surface area is 80.7 Å². The van der Waals surface area contributed by atoms with E-state index < -0.39 is 5.60 Å². The minimum Gasteiger partial charge on any atom is -0.361 e. The van der Waals surface area contributed by atoms with E-state index in [0.29, 0.717) is 5.92 Å². The van der Waals surface area contributed by atoms with E-state index in [2.05, 4.69) is 20.8 Å². The number of aldehydes is 1. The summed E-state index contributed by atoms with van der Waals surface area (Å²) >= 11 is 0. The van der Waals surface area contributed by atoms with Crippen molar-refractivity contribution in [3.05, 3.63) is 0 Å². The second-order valence-electron chi connectivity index (χ2n) is 4.61. The van der Waals surface area contributed by atoms with Gasteiger partial charge in [-0.25, -0.2) is 0 Å². The Morgan fingerprint density at radius 1 is 1.46 bits per heavy atom. The lowest BCUT2D eigenvalue weighted by Gasteiger charge is -2.34. The number of rotatable bonds is 3. The van der Waals surface area contributed by atoms with Gasteiger partial charge in [0, 0.05) is 0 Å². The van der Waals surface area contributed by atoms with E-state index in [1.165, 1.54) is 0 Å². The van der Waals surface area contributed by atoms with Gasteiger partial charge in [-0.15, -0.1) is 0 Å². The highest BCUT2D eigenvalue weighted by molar-refractivity contribution is 5.62. The largest absolute Gasteiger partial charge is 0.361 e. The van der Waals surface area contributed by atoms with Crippen molar-refractivity contribution < 1.29 is 9.53 Å². The van der Waals surface area contributed by atoms with Gasteiger partial charge in [0.2, 0.25) is 0 Å². The Balaban J connectivity index is 2.79. The van der Waals surface area contributed by atoms with Crippen LogP contribution in [0.25, 0.3) is 0 Å². The Morgan fingerprint density at radius 2 is 2.08 bits per heavy atom. The summed E-state index contributed by atoms with van der Waals surface area (Å²) in [5, 5.41) is 0. The first-order valence-electron chi connectivity index (χ1n) is 5.14. The van der Waals surface area contributed by atoms with Gasteiger partial charge in [-0.1, -0.05) is 20.8 Å². The molecule has 76 valence electrons. The first-order valence-corrected chi connectivity index (χ1v) is 5.14. The molecule has 0 spiro atoms. The number of hydrogen-bond acceptors (Lipinski definition) is 2. The Hall–Kier alpha value is -0.370. The maximum absolute atomic E-state index is 10.8. The predicted molar refractivity (Wildman–Crippen MR) is 52.6 cm³/mol. The highest BCUT2D eigenvalue weighted by Crippen LogP contribution is 2.43. The van der Waals surface area contributed by atoms with Crippen LogP contribution in [-0.2, 0) is 9.53 Å². The maximum Gasteiger partial charge on any atom is 0.151 e. The molecule has 1 heterocycles. The molecule has 0 aromatic carbocycles. The zero-order chi connectivity index (χ0) is 10.1. The summed E-state index contributed by atoms with van der Waals surface area (Å²) in [6.07, 6.45) is 3.82. The lowest BCUT2D eigenvalue weighted by molar-refractivity contribution is -0.145. The molecule has 13 heavy (non-hydrogen) atoms. The molecule has 0 aromatic heterocycles. The SMILES string of the molecule is CCC1(C(C)C)CCC(C)(C=O)O1. The molecule has 0 aliphatic carbocycles. The Morgan fingerprint density at radius 3 is 2.31 bits per heavy atom. The third kappa shape index (κ3) is 1.78. The average Bonchev–Trinajstić information content (AvgIpc) is 2.46. The third-order valence-corrected chi connectivity index (χ3v) is 3.38. The molecular weight excluding hydrogens is 164 g/mol. The average molecular weight is 184 g/mol. The number of carbonyl (C=O) groups excluding carboxylic acids is 1. The fourth-order valence-electron chi connectivity index (χ4n) is 2.17. The minimum absolute atomic E-state index is 0.0599. The van der Waals surface area contributed by atoms with Crippen molar-refractivity contribution in [3.8, 4) is 0 Å². The van der Waals surface area contributed by atoms with Gasteiger partial charge in [-0.05, 0) is 32.1 Å². The fourth-order valence-corrected chi connectivity index (χ4v) is 2.17. The lowest BCUT2D eigenvalue weighted by atomic mass is 9.85. The Kier molecular flexibility index (Phi) is 2.81. The van der Waals surface area contributed by atoms with Crippen LogP contribution in [0.3, 0.4) is 0 Å². The summed E-state index contributed by atoms with van der Waals surface area (Å²) < 4.78 is 5.93. The molecule has 0 saturated carbocycles. The predicted octanol–water partition coefficient (Wildman–Crippen LogP) is 2.56. The van der Waals surface area contributed by atoms with Gasteiger partial charge in [0.05, 0.1) is 5.60 Å². The van der Waals surface area contributed by atoms with Crippen LogP contribution in [0.2, 0.25) is 0 Å². The molecule has 1 aliphatic heterocycles. The second kappa shape index (κ2) is 3.41. The van der Waals surface area contributed by atoms with Gasteiger partial charge in [-0.3, -0.25) is 0 Å². The molecule has 0 N–H and O–H groups in total.